The Morgan fingerprint density at radius 1 is 1.14 bits per heavy atom. The fourth-order valence-corrected chi connectivity index (χ4v) is 3.40. The highest BCUT2D eigenvalue weighted by atomic mass is 79.9. The molecular weight excluding hydrogens is 442 g/mol. The van der Waals surface area contributed by atoms with Gasteiger partial charge in [0.05, 0.1) is 19.2 Å². The first-order chi connectivity index (χ1) is 13.4. The van der Waals surface area contributed by atoms with E-state index in [-0.39, 0.29) is 18.2 Å². The molecule has 1 aromatic heterocycles. The van der Waals surface area contributed by atoms with Crippen LogP contribution in [0.1, 0.15) is 21.6 Å². The first-order valence-corrected chi connectivity index (χ1v) is 10.1. The van der Waals surface area contributed by atoms with E-state index in [4.69, 9.17) is 4.74 Å². The summed E-state index contributed by atoms with van der Waals surface area (Å²) < 4.78 is 6.07. The molecule has 2 amide bonds. The van der Waals surface area contributed by atoms with Crippen LogP contribution in [-0.2, 0) is 11.2 Å². The zero-order valence-corrected chi connectivity index (χ0v) is 17.7. The lowest BCUT2D eigenvalue weighted by atomic mass is 10.2. The standard InChI is InChI=1S/C20H18BrN3O3S/c1-12-9-14(5-8-17(12)21)22-18(25)10-15-11-28-20(23-15)24-19(26)13-3-6-16(27-2)7-4-13/h3-9,11H,10H2,1-2H3,(H,22,25)(H,23,24,26). The molecule has 0 aliphatic heterocycles. The average molecular weight is 460 g/mol. The number of hydrogen-bond donors (Lipinski definition) is 2. The Bertz CT molecular complexity index is 1000. The molecule has 0 saturated carbocycles. The van der Waals surface area contributed by atoms with Crippen molar-refractivity contribution in [3.63, 3.8) is 0 Å². The van der Waals surface area contributed by atoms with Crippen molar-refractivity contribution in [3.8, 4) is 5.75 Å². The molecule has 0 bridgehead atoms. The number of nitrogens with zero attached hydrogens (tertiary/aromatic N) is 1. The molecule has 6 nitrogen and oxygen atoms in total. The van der Waals surface area contributed by atoms with Crippen LogP contribution in [0.3, 0.4) is 0 Å². The number of nitrogens with one attached hydrogen (secondary N) is 2. The largest absolute Gasteiger partial charge is 0.497 e. The topological polar surface area (TPSA) is 80.3 Å². The van der Waals surface area contributed by atoms with E-state index in [1.165, 1.54) is 11.3 Å². The zero-order valence-electron chi connectivity index (χ0n) is 15.3. The number of hydrogen-bond acceptors (Lipinski definition) is 5. The Balaban J connectivity index is 1.57. The lowest BCUT2D eigenvalue weighted by Crippen LogP contribution is -2.15. The Kier molecular flexibility index (Phi) is 6.43. The predicted molar refractivity (Wildman–Crippen MR) is 114 cm³/mol. The van der Waals surface area contributed by atoms with Crippen molar-refractivity contribution in [2.24, 2.45) is 0 Å². The van der Waals surface area contributed by atoms with Crippen LogP contribution in [-0.4, -0.2) is 23.9 Å². The van der Waals surface area contributed by atoms with E-state index in [0.29, 0.717) is 22.1 Å². The van der Waals surface area contributed by atoms with Gasteiger partial charge in [-0.05, 0) is 55.0 Å². The number of amides is 2. The smallest absolute Gasteiger partial charge is 0.257 e. The van der Waals surface area contributed by atoms with E-state index in [1.807, 2.05) is 25.1 Å². The zero-order chi connectivity index (χ0) is 20.1. The summed E-state index contributed by atoms with van der Waals surface area (Å²) in [5.41, 5.74) is 2.87. The van der Waals surface area contributed by atoms with Gasteiger partial charge in [0.1, 0.15) is 5.75 Å². The third-order valence-corrected chi connectivity index (χ3v) is 5.60. The lowest BCUT2D eigenvalue weighted by molar-refractivity contribution is -0.115. The summed E-state index contributed by atoms with van der Waals surface area (Å²) in [7, 11) is 1.57. The second-order valence-electron chi connectivity index (χ2n) is 6.02. The maximum Gasteiger partial charge on any atom is 0.257 e. The van der Waals surface area contributed by atoms with Crippen LogP contribution >= 0.6 is 27.3 Å². The summed E-state index contributed by atoms with van der Waals surface area (Å²) in [5.74, 6) is 0.249. The van der Waals surface area contributed by atoms with E-state index in [1.54, 1.807) is 36.8 Å². The number of carbonyl (C=O) groups is 2. The average Bonchev–Trinajstić information content (AvgIpc) is 3.11. The van der Waals surface area contributed by atoms with Gasteiger partial charge in [0.15, 0.2) is 5.13 Å². The highest BCUT2D eigenvalue weighted by molar-refractivity contribution is 9.10. The number of anilines is 2. The summed E-state index contributed by atoms with van der Waals surface area (Å²) in [6, 6.07) is 12.4. The molecule has 2 aromatic carbocycles. The minimum Gasteiger partial charge on any atom is -0.497 e. The van der Waals surface area contributed by atoms with Crippen LogP contribution in [0.4, 0.5) is 10.8 Å². The SMILES string of the molecule is COc1ccc(C(=O)Nc2nc(CC(=O)Nc3ccc(Br)c(C)c3)cs2)cc1. The molecule has 3 rings (SSSR count). The highest BCUT2D eigenvalue weighted by Gasteiger charge is 2.12. The van der Waals surface area contributed by atoms with Crippen LogP contribution < -0.4 is 15.4 Å². The summed E-state index contributed by atoms with van der Waals surface area (Å²) in [6.45, 7) is 1.96. The number of benzene rings is 2. The molecule has 0 unspecified atom stereocenters. The minimum atomic E-state index is -0.265. The highest BCUT2D eigenvalue weighted by Crippen LogP contribution is 2.21. The fraction of sp³-hybridized carbons (Fsp3) is 0.150. The summed E-state index contributed by atoms with van der Waals surface area (Å²) in [4.78, 5) is 28.8. The van der Waals surface area contributed by atoms with Crippen LogP contribution in [0, 0.1) is 6.92 Å². The van der Waals surface area contributed by atoms with Gasteiger partial charge in [-0.25, -0.2) is 4.98 Å². The molecule has 0 aliphatic carbocycles. The molecule has 8 heteroatoms. The molecular formula is C20H18BrN3O3S. The number of aryl methyl sites for hydroxylation is 1. The van der Waals surface area contributed by atoms with Crippen molar-refractivity contribution in [2.75, 3.05) is 17.7 Å². The molecule has 0 spiro atoms. The molecule has 144 valence electrons. The van der Waals surface area contributed by atoms with E-state index >= 15 is 0 Å². The normalized spacial score (nSPS) is 10.4. The van der Waals surface area contributed by atoms with Gasteiger partial charge in [-0.15, -0.1) is 11.3 Å². The molecule has 2 N–H and O–H groups in total. The third-order valence-electron chi connectivity index (χ3n) is 3.91. The molecule has 0 aliphatic rings. The third kappa shape index (κ3) is 5.17. The molecule has 28 heavy (non-hydrogen) atoms. The van der Waals surface area contributed by atoms with Crippen molar-refractivity contribution in [2.45, 2.75) is 13.3 Å². The first kappa shape index (κ1) is 20.0. The number of thiazole rings is 1. The van der Waals surface area contributed by atoms with Gasteiger partial charge in [0, 0.05) is 21.1 Å². The van der Waals surface area contributed by atoms with Gasteiger partial charge in [-0.3, -0.25) is 14.9 Å². The Hall–Kier alpha value is -2.71. The Labute approximate surface area is 175 Å². The monoisotopic (exact) mass is 459 g/mol. The van der Waals surface area contributed by atoms with Crippen LogP contribution in [0.25, 0.3) is 0 Å². The lowest BCUT2D eigenvalue weighted by Gasteiger charge is -2.06. The minimum absolute atomic E-state index is 0.129. The number of halogens is 1. The molecule has 0 fully saturated rings. The first-order valence-electron chi connectivity index (χ1n) is 8.40. The number of ether oxygens (including phenoxy) is 1. The fourth-order valence-electron chi connectivity index (χ4n) is 2.45. The maximum absolute atomic E-state index is 12.3. The number of aromatic nitrogens is 1. The summed E-state index contributed by atoms with van der Waals surface area (Å²) in [5, 5.41) is 7.80. The van der Waals surface area contributed by atoms with Crippen molar-refractivity contribution >= 4 is 49.9 Å². The number of carbonyl (C=O) groups excluding carboxylic acids is 2. The Morgan fingerprint density at radius 3 is 2.57 bits per heavy atom. The number of methoxy groups -OCH3 is 1. The molecule has 0 radical (unpaired) electrons. The summed E-state index contributed by atoms with van der Waals surface area (Å²) in [6.07, 6.45) is 0.129. The van der Waals surface area contributed by atoms with Gasteiger partial charge >= 0.3 is 0 Å². The van der Waals surface area contributed by atoms with Crippen molar-refractivity contribution < 1.29 is 14.3 Å². The quantitative estimate of drug-likeness (QED) is 0.561. The van der Waals surface area contributed by atoms with Crippen LogP contribution in [0.5, 0.6) is 5.75 Å². The summed E-state index contributed by atoms with van der Waals surface area (Å²) >= 11 is 4.71. The van der Waals surface area contributed by atoms with Gasteiger partial charge in [-0.1, -0.05) is 15.9 Å². The molecule has 1 heterocycles. The van der Waals surface area contributed by atoms with Crippen molar-refractivity contribution in [1.82, 2.24) is 4.98 Å². The molecule has 0 atom stereocenters. The van der Waals surface area contributed by atoms with Gasteiger partial charge in [-0.2, -0.15) is 0 Å². The van der Waals surface area contributed by atoms with E-state index in [9.17, 15) is 9.59 Å². The van der Waals surface area contributed by atoms with Crippen LogP contribution in [0.2, 0.25) is 0 Å². The van der Waals surface area contributed by atoms with Crippen molar-refractivity contribution in [1.29, 1.82) is 0 Å². The molecule has 3 aromatic rings. The van der Waals surface area contributed by atoms with Gasteiger partial charge in [0.25, 0.3) is 5.91 Å². The maximum atomic E-state index is 12.3. The second-order valence-corrected chi connectivity index (χ2v) is 7.73. The van der Waals surface area contributed by atoms with E-state index in [2.05, 4.69) is 31.5 Å². The number of rotatable bonds is 6. The second kappa shape index (κ2) is 8.99. The Morgan fingerprint density at radius 2 is 1.89 bits per heavy atom. The van der Waals surface area contributed by atoms with E-state index in [0.717, 1.165) is 15.7 Å². The predicted octanol–water partition coefficient (Wildman–Crippen LogP) is 4.66. The molecule has 0 saturated heterocycles. The van der Waals surface area contributed by atoms with Gasteiger partial charge in [0.2, 0.25) is 5.91 Å². The van der Waals surface area contributed by atoms with Crippen LogP contribution in [0.15, 0.2) is 52.3 Å². The van der Waals surface area contributed by atoms with Gasteiger partial charge < -0.3 is 10.1 Å². The van der Waals surface area contributed by atoms with Crippen molar-refractivity contribution in [3.05, 3.63) is 69.1 Å². The van der Waals surface area contributed by atoms with E-state index < -0.39 is 0 Å².